The van der Waals surface area contributed by atoms with E-state index in [9.17, 15) is 4.79 Å². The number of carboxylic acids is 1. The Labute approximate surface area is 119 Å². The SMILES string of the molecule is CCC(N)(CCCOc1ccc2c(c1)CCC2)C(=O)O. The molecule has 0 radical (unpaired) electrons. The van der Waals surface area contributed by atoms with Gasteiger partial charge in [-0.1, -0.05) is 13.0 Å². The average molecular weight is 277 g/mol. The highest BCUT2D eigenvalue weighted by Gasteiger charge is 2.31. The van der Waals surface area contributed by atoms with Crippen molar-refractivity contribution in [3.05, 3.63) is 29.3 Å². The Kier molecular flexibility index (Phi) is 4.65. The Bertz CT molecular complexity index is 487. The van der Waals surface area contributed by atoms with Crippen LogP contribution in [-0.2, 0) is 17.6 Å². The lowest BCUT2D eigenvalue weighted by Crippen LogP contribution is -2.47. The number of carboxylic acid groups (broad SMARTS) is 1. The topological polar surface area (TPSA) is 72.5 Å². The van der Waals surface area contributed by atoms with Gasteiger partial charge in [0.1, 0.15) is 11.3 Å². The number of carbonyl (C=O) groups is 1. The molecule has 1 aromatic rings. The van der Waals surface area contributed by atoms with Crippen LogP contribution in [0.4, 0.5) is 0 Å². The number of nitrogens with two attached hydrogens (primary N) is 1. The lowest BCUT2D eigenvalue weighted by atomic mass is 9.92. The van der Waals surface area contributed by atoms with Crippen molar-refractivity contribution in [2.24, 2.45) is 5.73 Å². The van der Waals surface area contributed by atoms with Crippen molar-refractivity contribution < 1.29 is 14.6 Å². The maximum atomic E-state index is 11.1. The maximum absolute atomic E-state index is 11.1. The van der Waals surface area contributed by atoms with Crippen molar-refractivity contribution in [2.45, 2.75) is 51.0 Å². The summed E-state index contributed by atoms with van der Waals surface area (Å²) in [6.07, 6.45) is 5.04. The summed E-state index contributed by atoms with van der Waals surface area (Å²) in [5, 5.41) is 9.09. The summed E-state index contributed by atoms with van der Waals surface area (Å²) >= 11 is 0. The molecule has 1 aromatic carbocycles. The number of aryl methyl sites for hydroxylation is 2. The van der Waals surface area contributed by atoms with Crippen molar-refractivity contribution >= 4 is 5.97 Å². The van der Waals surface area contributed by atoms with Crippen LogP contribution in [0.15, 0.2) is 18.2 Å². The average Bonchev–Trinajstić information content (AvgIpc) is 2.90. The summed E-state index contributed by atoms with van der Waals surface area (Å²) in [7, 11) is 0. The van der Waals surface area contributed by atoms with Crippen molar-refractivity contribution in [3.8, 4) is 5.75 Å². The molecule has 0 amide bonds. The molecule has 0 spiro atoms. The van der Waals surface area contributed by atoms with Crippen molar-refractivity contribution in [2.75, 3.05) is 6.61 Å². The van der Waals surface area contributed by atoms with Gasteiger partial charge >= 0.3 is 5.97 Å². The molecule has 20 heavy (non-hydrogen) atoms. The number of hydrogen-bond acceptors (Lipinski definition) is 3. The number of rotatable bonds is 7. The van der Waals surface area contributed by atoms with E-state index in [1.165, 1.54) is 24.0 Å². The molecule has 1 aliphatic carbocycles. The van der Waals surface area contributed by atoms with Gasteiger partial charge in [0.05, 0.1) is 6.61 Å². The van der Waals surface area contributed by atoms with E-state index in [-0.39, 0.29) is 0 Å². The molecule has 1 aliphatic rings. The van der Waals surface area contributed by atoms with Crippen LogP contribution in [-0.4, -0.2) is 23.2 Å². The van der Waals surface area contributed by atoms with Gasteiger partial charge in [-0.3, -0.25) is 4.79 Å². The zero-order chi connectivity index (χ0) is 14.6. The molecule has 0 fully saturated rings. The first-order valence-corrected chi connectivity index (χ1v) is 7.32. The first-order chi connectivity index (χ1) is 9.55. The van der Waals surface area contributed by atoms with Gasteiger partial charge in [0.15, 0.2) is 0 Å². The predicted octanol–water partition coefficient (Wildman–Crippen LogP) is 2.53. The van der Waals surface area contributed by atoms with Gasteiger partial charge in [0.2, 0.25) is 0 Å². The Morgan fingerprint density at radius 2 is 2.15 bits per heavy atom. The molecular formula is C16H23NO3. The Morgan fingerprint density at radius 1 is 1.40 bits per heavy atom. The normalized spacial score (nSPS) is 16.5. The van der Waals surface area contributed by atoms with E-state index in [1.807, 2.05) is 6.07 Å². The van der Waals surface area contributed by atoms with E-state index in [2.05, 4.69) is 12.1 Å². The van der Waals surface area contributed by atoms with Gasteiger partial charge in [0.25, 0.3) is 0 Å². The minimum absolute atomic E-state index is 0.432. The van der Waals surface area contributed by atoms with E-state index < -0.39 is 11.5 Å². The van der Waals surface area contributed by atoms with Crippen LogP contribution in [0.5, 0.6) is 5.75 Å². The van der Waals surface area contributed by atoms with Gasteiger partial charge in [-0.25, -0.2) is 0 Å². The fourth-order valence-corrected chi connectivity index (χ4v) is 2.65. The van der Waals surface area contributed by atoms with Crippen LogP contribution < -0.4 is 10.5 Å². The van der Waals surface area contributed by atoms with E-state index >= 15 is 0 Å². The highest BCUT2D eigenvalue weighted by molar-refractivity contribution is 5.78. The monoisotopic (exact) mass is 277 g/mol. The molecule has 0 heterocycles. The molecule has 4 nitrogen and oxygen atoms in total. The maximum Gasteiger partial charge on any atom is 0.323 e. The summed E-state index contributed by atoms with van der Waals surface area (Å²) in [4.78, 5) is 11.1. The predicted molar refractivity (Wildman–Crippen MR) is 78.0 cm³/mol. The molecule has 0 saturated carbocycles. The van der Waals surface area contributed by atoms with E-state index in [0.717, 1.165) is 12.2 Å². The van der Waals surface area contributed by atoms with Gasteiger partial charge < -0.3 is 15.6 Å². The van der Waals surface area contributed by atoms with Crippen LogP contribution in [0.2, 0.25) is 0 Å². The Hall–Kier alpha value is -1.55. The van der Waals surface area contributed by atoms with Crippen LogP contribution in [0.3, 0.4) is 0 Å². The molecule has 2 rings (SSSR count). The second kappa shape index (κ2) is 6.27. The molecular weight excluding hydrogens is 254 g/mol. The minimum Gasteiger partial charge on any atom is -0.494 e. The lowest BCUT2D eigenvalue weighted by molar-refractivity contribution is -0.143. The zero-order valence-corrected chi connectivity index (χ0v) is 12.0. The third-order valence-electron chi connectivity index (χ3n) is 4.16. The number of hydrogen-bond donors (Lipinski definition) is 2. The molecule has 1 unspecified atom stereocenters. The smallest absolute Gasteiger partial charge is 0.323 e. The highest BCUT2D eigenvalue weighted by Crippen LogP contribution is 2.26. The first-order valence-electron chi connectivity index (χ1n) is 7.32. The van der Waals surface area contributed by atoms with Gasteiger partial charge in [-0.05, 0) is 61.8 Å². The van der Waals surface area contributed by atoms with Crippen molar-refractivity contribution in [3.63, 3.8) is 0 Å². The summed E-state index contributed by atoms with van der Waals surface area (Å²) in [6, 6.07) is 6.24. The fraction of sp³-hybridized carbons (Fsp3) is 0.562. The second-order valence-corrected chi connectivity index (χ2v) is 5.55. The standard InChI is InChI=1S/C16H23NO3/c1-2-16(17,15(18)19)9-4-10-20-14-8-7-12-5-3-6-13(12)11-14/h7-8,11H,2-6,9-10,17H2,1H3,(H,18,19). The number of benzene rings is 1. The largest absolute Gasteiger partial charge is 0.494 e. The lowest BCUT2D eigenvalue weighted by Gasteiger charge is -2.22. The Balaban J connectivity index is 1.80. The van der Waals surface area contributed by atoms with Gasteiger partial charge in [-0.15, -0.1) is 0 Å². The van der Waals surface area contributed by atoms with E-state index in [4.69, 9.17) is 15.6 Å². The van der Waals surface area contributed by atoms with Crippen LogP contribution in [0.25, 0.3) is 0 Å². The molecule has 0 saturated heterocycles. The summed E-state index contributed by atoms with van der Waals surface area (Å²) in [6.45, 7) is 2.31. The molecule has 110 valence electrons. The highest BCUT2D eigenvalue weighted by atomic mass is 16.5. The third-order valence-corrected chi connectivity index (χ3v) is 4.16. The van der Waals surface area contributed by atoms with Crippen molar-refractivity contribution in [1.29, 1.82) is 0 Å². The first kappa shape index (κ1) is 14.9. The number of aliphatic carboxylic acids is 1. The molecule has 0 aliphatic heterocycles. The van der Waals surface area contributed by atoms with Crippen LogP contribution >= 0.6 is 0 Å². The summed E-state index contributed by atoms with van der Waals surface area (Å²) in [5.41, 5.74) is 7.52. The van der Waals surface area contributed by atoms with Crippen LogP contribution in [0, 0.1) is 0 Å². The summed E-state index contributed by atoms with van der Waals surface area (Å²) in [5.74, 6) is -0.0578. The molecule has 0 bridgehead atoms. The zero-order valence-electron chi connectivity index (χ0n) is 12.0. The third kappa shape index (κ3) is 3.31. The summed E-state index contributed by atoms with van der Waals surface area (Å²) < 4.78 is 5.70. The molecule has 0 aromatic heterocycles. The molecule has 3 N–H and O–H groups in total. The van der Waals surface area contributed by atoms with Gasteiger partial charge in [0, 0.05) is 0 Å². The fourth-order valence-electron chi connectivity index (χ4n) is 2.65. The number of fused-ring (bicyclic) bond motifs is 1. The quantitative estimate of drug-likeness (QED) is 0.751. The van der Waals surface area contributed by atoms with Crippen LogP contribution in [0.1, 0.15) is 43.7 Å². The van der Waals surface area contributed by atoms with Crippen molar-refractivity contribution in [1.82, 2.24) is 0 Å². The molecule has 1 atom stereocenters. The minimum atomic E-state index is -1.12. The van der Waals surface area contributed by atoms with E-state index in [0.29, 0.717) is 25.9 Å². The molecule has 4 heteroatoms. The van der Waals surface area contributed by atoms with Gasteiger partial charge in [-0.2, -0.15) is 0 Å². The number of ether oxygens (including phenoxy) is 1. The van der Waals surface area contributed by atoms with E-state index in [1.54, 1.807) is 6.92 Å². The second-order valence-electron chi connectivity index (χ2n) is 5.55. The Morgan fingerprint density at radius 3 is 2.85 bits per heavy atom.